The average Bonchev–Trinajstić information content (AvgIpc) is 2.17. The number of nitrogens with zero attached hydrogens (tertiary/aromatic N) is 1. The third kappa shape index (κ3) is 1.69. The second-order valence-electron chi connectivity index (χ2n) is 2.59. The van der Waals surface area contributed by atoms with Crippen molar-refractivity contribution in [3.05, 3.63) is 33.4 Å². The summed E-state index contributed by atoms with van der Waals surface area (Å²) in [4.78, 5) is 20.0. The molecule has 0 aliphatic rings. The summed E-state index contributed by atoms with van der Waals surface area (Å²) in [6.45, 7) is -0.429. The Morgan fingerprint density at radius 2 is 2.14 bits per heavy atom. The number of nitro benzene ring substituents is 1. The van der Waals surface area contributed by atoms with Gasteiger partial charge in [-0.15, -0.1) is 0 Å². The molecule has 74 valence electrons. The standard InChI is InChI=1S/C8H7NO5/c10-3-5-1-6(4-11)8(12)7(2-5)9(13)14/h1-2,4,10,12H,3H2. The number of aliphatic hydroxyl groups excluding tert-OH is 1. The number of aliphatic hydroxyl groups is 1. The van der Waals surface area contributed by atoms with Crippen molar-refractivity contribution < 1.29 is 19.9 Å². The molecule has 14 heavy (non-hydrogen) atoms. The van der Waals surface area contributed by atoms with Crippen molar-refractivity contribution in [1.29, 1.82) is 0 Å². The third-order valence-electron chi connectivity index (χ3n) is 1.69. The van der Waals surface area contributed by atoms with E-state index in [2.05, 4.69) is 0 Å². The number of phenols is 1. The Balaban J connectivity index is 3.41. The minimum Gasteiger partial charge on any atom is -0.502 e. The zero-order chi connectivity index (χ0) is 10.7. The van der Waals surface area contributed by atoms with Crippen LogP contribution < -0.4 is 0 Å². The fourth-order valence-corrected chi connectivity index (χ4v) is 1.02. The number of rotatable bonds is 3. The van der Waals surface area contributed by atoms with Crippen LogP contribution in [-0.4, -0.2) is 21.4 Å². The predicted octanol–water partition coefficient (Wildman–Crippen LogP) is 0.605. The first kappa shape index (κ1) is 10.1. The monoisotopic (exact) mass is 197 g/mol. The second kappa shape index (κ2) is 3.84. The lowest BCUT2D eigenvalue weighted by molar-refractivity contribution is -0.386. The third-order valence-corrected chi connectivity index (χ3v) is 1.69. The molecule has 0 saturated heterocycles. The Morgan fingerprint density at radius 3 is 2.57 bits per heavy atom. The summed E-state index contributed by atoms with van der Waals surface area (Å²) >= 11 is 0. The molecule has 1 aromatic rings. The van der Waals surface area contributed by atoms with Gasteiger partial charge in [-0.05, 0) is 11.6 Å². The van der Waals surface area contributed by atoms with Crippen LogP contribution in [0.25, 0.3) is 0 Å². The molecule has 0 aliphatic heterocycles. The summed E-state index contributed by atoms with van der Waals surface area (Å²) in [6.07, 6.45) is 0.293. The fourth-order valence-electron chi connectivity index (χ4n) is 1.02. The molecule has 0 heterocycles. The number of hydrogen-bond acceptors (Lipinski definition) is 5. The van der Waals surface area contributed by atoms with Gasteiger partial charge in [0.25, 0.3) is 0 Å². The van der Waals surface area contributed by atoms with Gasteiger partial charge in [-0.25, -0.2) is 0 Å². The van der Waals surface area contributed by atoms with E-state index in [1.807, 2.05) is 0 Å². The number of aromatic hydroxyl groups is 1. The van der Waals surface area contributed by atoms with Crippen LogP contribution in [0, 0.1) is 10.1 Å². The van der Waals surface area contributed by atoms with E-state index in [4.69, 9.17) is 5.11 Å². The maximum Gasteiger partial charge on any atom is 0.311 e. The highest BCUT2D eigenvalue weighted by atomic mass is 16.6. The maximum atomic E-state index is 10.4. The van der Waals surface area contributed by atoms with Crippen LogP contribution in [0.2, 0.25) is 0 Å². The van der Waals surface area contributed by atoms with Gasteiger partial charge in [0.1, 0.15) is 0 Å². The average molecular weight is 197 g/mol. The number of carbonyl (C=O) groups excluding carboxylic acids is 1. The lowest BCUT2D eigenvalue weighted by Crippen LogP contribution is -1.95. The van der Waals surface area contributed by atoms with E-state index in [0.29, 0.717) is 6.29 Å². The van der Waals surface area contributed by atoms with E-state index in [1.54, 1.807) is 0 Å². The van der Waals surface area contributed by atoms with Crippen molar-refractivity contribution in [2.45, 2.75) is 6.61 Å². The van der Waals surface area contributed by atoms with Crippen molar-refractivity contribution in [1.82, 2.24) is 0 Å². The highest BCUT2D eigenvalue weighted by Crippen LogP contribution is 2.30. The topological polar surface area (TPSA) is 101 Å². The van der Waals surface area contributed by atoms with Gasteiger partial charge < -0.3 is 10.2 Å². The summed E-state index contributed by atoms with van der Waals surface area (Å²) in [5.74, 6) is -0.679. The van der Waals surface area contributed by atoms with Crippen molar-refractivity contribution in [2.24, 2.45) is 0 Å². The number of nitro groups is 1. The van der Waals surface area contributed by atoms with Crippen LogP contribution in [0.3, 0.4) is 0 Å². The second-order valence-corrected chi connectivity index (χ2v) is 2.59. The minimum absolute atomic E-state index is 0.205. The predicted molar refractivity (Wildman–Crippen MR) is 46.1 cm³/mol. The normalized spacial score (nSPS) is 9.79. The van der Waals surface area contributed by atoms with Crippen LogP contribution in [-0.2, 0) is 6.61 Å². The number of aldehydes is 1. The summed E-state index contributed by atoms with van der Waals surface area (Å²) in [5.41, 5.74) is -0.585. The molecule has 0 unspecified atom stereocenters. The zero-order valence-corrected chi connectivity index (χ0v) is 7.01. The van der Waals surface area contributed by atoms with E-state index in [9.17, 15) is 20.0 Å². The first-order valence-corrected chi connectivity index (χ1v) is 3.66. The molecular formula is C8H7NO5. The van der Waals surface area contributed by atoms with Gasteiger partial charge in [0.15, 0.2) is 6.29 Å². The maximum absolute atomic E-state index is 10.4. The molecule has 0 amide bonds. The lowest BCUT2D eigenvalue weighted by Gasteiger charge is -2.01. The van der Waals surface area contributed by atoms with Gasteiger partial charge in [0, 0.05) is 6.07 Å². The smallest absolute Gasteiger partial charge is 0.311 e. The lowest BCUT2D eigenvalue weighted by atomic mass is 10.1. The van der Waals surface area contributed by atoms with E-state index >= 15 is 0 Å². The molecule has 1 rings (SSSR count). The Labute approximate surface area is 78.6 Å². The SMILES string of the molecule is O=Cc1cc(CO)cc([N+](=O)[O-])c1O. The van der Waals surface area contributed by atoms with Gasteiger partial charge in [-0.3, -0.25) is 14.9 Å². The van der Waals surface area contributed by atoms with Gasteiger partial charge in [0.2, 0.25) is 5.75 Å². The first-order chi connectivity index (χ1) is 6.60. The highest BCUT2D eigenvalue weighted by molar-refractivity contribution is 5.82. The van der Waals surface area contributed by atoms with Gasteiger partial charge in [-0.2, -0.15) is 0 Å². The van der Waals surface area contributed by atoms with Gasteiger partial charge >= 0.3 is 5.69 Å². The van der Waals surface area contributed by atoms with Crippen LogP contribution in [0.15, 0.2) is 12.1 Å². The summed E-state index contributed by atoms with van der Waals surface area (Å²) < 4.78 is 0. The van der Waals surface area contributed by atoms with E-state index in [1.165, 1.54) is 6.07 Å². The van der Waals surface area contributed by atoms with Crippen LogP contribution >= 0.6 is 0 Å². The first-order valence-electron chi connectivity index (χ1n) is 3.66. The molecule has 6 nitrogen and oxygen atoms in total. The summed E-state index contributed by atoms with van der Waals surface area (Å²) in [7, 11) is 0. The van der Waals surface area contributed by atoms with Gasteiger partial charge in [0.05, 0.1) is 17.1 Å². The number of phenolic OH excluding ortho intramolecular Hbond substituents is 1. The molecular weight excluding hydrogens is 190 g/mol. The Bertz CT molecular complexity index is 388. The molecule has 0 fully saturated rings. The molecule has 0 radical (unpaired) electrons. The zero-order valence-electron chi connectivity index (χ0n) is 7.01. The van der Waals surface area contributed by atoms with Crippen LogP contribution in [0.4, 0.5) is 5.69 Å². The number of carbonyl (C=O) groups is 1. The molecule has 2 N–H and O–H groups in total. The minimum atomic E-state index is -0.818. The van der Waals surface area contributed by atoms with Crippen molar-refractivity contribution >= 4 is 12.0 Å². The number of benzene rings is 1. The molecule has 0 bridgehead atoms. The van der Waals surface area contributed by atoms with E-state index in [-0.39, 0.29) is 11.1 Å². The fraction of sp³-hybridized carbons (Fsp3) is 0.125. The van der Waals surface area contributed by atoms with Crippen molar-refractivity contribution in [3.8, 4) is 5.75 Å². The molecule has 0 saturated carbocycles. The molecule has 0 aliphatic carbocycles. The van der Waals surface area contributed by atoms with E-state index in [0.717, 1.165) is 6.07 Å². The van der Waals surface area contributed by atoms with Gasteiger partial charge in [-0.1, -0.05) is 0 Å². The van der Waals surface area contributed by atoms with E-state index < -0.39 is 23.0 Å². The molecule has 6 heteroatoms. The molecule has 0 aromatic heterocycles. The quantitative estimate of drug-likeness (QED) is 0.420. The molecule has 0 spiro atoms. The largest absolute Gasteiger partial charge is 0.502 e. The number of hydrogen-bond donors (Lipinski definition) is 2. The van der Waals surface area contributed by atoms with Crippen molar-refractivity contribution in [2.75, 3.05) is 0 Å². The molecule has 0 atom stereocenters. The van der Waals surface area contributed by atoms with Crippen LogP contribution in [0.5, 0.6) is 5.75 Å². The highest BCUT2D eigenvalue weighted by Gasteiger charge is 2.18. The Kier molecular flexibility index (Phi) is 2.78. The Morgan fingerprint density at radius 1 is 1.50 bits per heavy atom. The summed E-state index contributed by atoms with van der Waals surface area (Å²) in [6, 6.07) is 2.21. The van der Waals surface area contributed by atoms with Crippen molar-refractivity contribution in [3.63, 3.8) is 0 Å². The summed E-state index contributed by atoms with van der Waals surface area (Å²) in [5, 5.41) is 28.4. The Hall–Kier alpha value is -1.95. The van der Waals surface area contributed by atoms with Crippen LogP contribution in [0.1, 0.15) is 15.9 Å². The molecule has 1 aromatic carbocycles.